The summed E-state index contributed by atoms with van der Waals surface area (Å²) >= 11 is 0. The van der Waals surface area contributed by atoms with Crippen molar-refractivity contribution in [3.8, 4) is 0 Å². The molecule has 0 amide bonds. The standard InChI is InChI=1S/C15H22N4/c1-11(2)18-8-6-12(7-9-18)15-17-10-13-4-3-5-14(16)19(13)15/h3-5,10-12H,6-9,16H2,1-2H3. The molecule has 2 aromatic rings. The summed E-state index contributed by atoms with van der Waals surface area (Å²) in [6.45, 7) is 6.85. The molecule has 0 bridgehead atoms. The Balaban J connectivity index is 1.86. The third-order valence-corrected chi connectivity index (χ3v) is 4.23. The number of nitrogens with zero attached hydrogens (tertiary/aromatic N) is 3. The first-order chi connectivity index (χ1) is 9.16. The molecule has 0 saturated carbocycles. The maximum atomic E-state index is 6.10. The van der Waals surface area contributed by atoms with Crippen LogP contribution in [-0.2, 0) is 0 Å². The highest BCUT2D eigenvalue weighted by atomic mass is 15.2. The second-order valence-electron chi connectivity index (χ2n) is 5.73. The van der Waals surface area contributed by atoms with Gasteiger partial charge in [0.05, 0.1) is 11.7 Å². The summed E-state index contributed by atoms with van der Waals surface area (Å²) < 4.78 is 2.11. The number of rotatable bonds is 2. The first-order valence-electron chi connectivity index (χ1n) is 7.12. The summed E-state index contributed by atoms with van der Waals surface area (Å²) in [6.07, 6.45) is 4.28. The van der Waals surface area contributed by atoms with Crippen LogP contribution in [0.4, 0.5) is 5.82 Å². The number of piperidine rings is 1. The molecule has 0 aliphatic carbocycles. The van der Waals surface area contributed by atoms with Gasteiger partial charge in [-0.3, -0.25) is 4.40 Å². The van der Waals surface area contributed by atoms with Gasteiger partial charge < -0.3 is 10.6 Å². The lowest BCUT2D eigenvalue weighted by molar-refractivity contribution is 0.169. The van der Waals surface area contributed by atoms with Crippen LogP contribution in [0.5, 0.6) is 0 Å². The van der Waals surface area contributed by atoms with Crippen LogP contribution in [0.3, 0.4) is 0 Å². The van der Waals surface area contributed by atoms with E-state index < -0.39 is 0 Å². The van der Waals surface area contributed by atoms with Crippen LogP contribution < -0.4 is 5.73 Å². The van der Waals surface area contributed by atoms with Crippen LogP contribution >= 0.6 is 0 Å². The number of nitrogen functional groups attached to an aromatic ring is 1. The van der Waals surface area contributed by atoms with Gasteiger partial charge in [-0.2, -0.15) is 0 Å². The zero-order valence-electron chi connectivity index (χ0n) is 11.7. The Kier molecular flexibility index (Phi) is 3.19. The predicted octanol–water partition coefficient (Wildman–Crippen LogP) is 2.50. The summed E-state index contributed by atoms with van der Waals surface area (Å²) in [5.41, 5.74) is 7.19. The van der Waals surface area contributed by atoms with Gasteiger partial charge in [0.15, 0.2) is 0 Å². The zero-order chi connectivity index (χ0) is 13.4. The van der Waals surface area contributed by atoms with Crippen molar-refractivity contribution in [3.63, 3.8) is 0 Å². The van der Waals surface area contributed by atoms with Gasteiger partial charge in [0.2, 0.25) is 0 Å². The quantitative estimate of drug-likeness (QED) is 0.900. The Labute approximate surface area is 114 Å². The molecule has 4 nitrogen and oxygen atoms in total. The Hall–Kier alpha value is -1.55. The van der Waals surface area contributed by atoms with E-state index in [9.17, 15) is 0 Å². The predicted molar refractivity (Wildman–Crippen MR) is 78.3 cm³/mol. The van der Waals surface area contributed by atoms with E-state index >= 15 is 0 Å². The average molecular weight is 258 g/mol. The molecule has 1 fully saturated rings. The van der Waals surface area contributed by atoms with E-state index in [0.29, 0.717) is 12.0 Å². The molecule has 2 aromatic heterocycles. The molecule has 0 spiro atoms. The Morgan fingerprint density at radius 2 is 2.00 bits per heavy atom. The van der Waals surface area contributed by atoms with Gasteiger partial charge >= 0.3 is 0 Å². The maximum Gasteiger partial charge on any atom is 0.118 e. The third kappa shape index (κ3) is 2.21. The molecule has 102 valence electrons. The summed E-state index contributed by atoms with van der Waals surface area (Å²) in [5, 5.41) is 0. The normalized spacial score (nSPS) is 18.5. The molecule has 19 heavy (non-hydrogen) atoms. The minimum Gasteiger partial charge on any atom is -0.385 e. The maximum absolute atomic E-state index is 6.10. The van der Waals surface area contributed by atoms with Crippen LogP contribution in [0.1, 0.15) is 38.4 Å². The van der Waals surface area contributed by atoms with Crippen molar-refractivity contribution >= 4 is 11.3 Å². The molecule has 0 radical (unpaired) electrons. The van der Waals surface area contributed by atoms with Crippen molar-refractivity contribution in [2.24, 2.45) is 0 Å². The minimum absolute atomic E-state index is 0.530. The van der Waals surface area contributed by atoms with Crippen molar-refractivity contribution in [3.05, 3.63) is 30.2 Å². The highest BCUT2D eigenvalue weighted by molar-refractivity contribution is 5.53. The van der Waals surface area contributed by atoms with E-state index in [1.807, 2.05) is 18.3 Å². The van der Waals surface area contributed by atoms with Crippen LogP contribution in [0.15, 0.2) is 24.4 Å². The van der Waals surface area contributed by atoms with Gasteiger partial charge in [-0.05, 0) is 51.9 Å². The molecule has 0 aromatic carbocycles. The summed E-state index contributed by atoms with van der Waals surface area (Å²) in [4.78, 5) is 7.15. The largest absolute Gasteiger partial charge is 0.385 e. The molecule has 1 aliphatic heterocycles. The Bertz CT molecular complexity index is 565. The van der Waals surface area contributed by atoms with Gasteiger partial charge in [-0.1, -0.05) is 6.07 Å². The average Bonchev–Trinajstić information content (AvgIpc) is 2.84. The molecule has 3 rings (SSSR count). The first kappa shape index (κ1) is 12.5. The number of likely N-dealkylation sites (tertiary alicyclic amines) is 1. The first-order valence-corrected chi connectivity index (χ1v) is 7.12. The van der Waals surface area contributed by atoms with E-state index in [2.05, 4.69) is 34.2 Å². The summed E-state index contributed by atoms with van der Waals surface area (Å²) in [5.74, 6) is 2.45. The Morgan fingerprint density at radius 3 is 2.68 bits per heavy atom. The van der Waals surface area contributed by atoms with E-state index in [4.69, 9.17) is 5.73 Å². The van der Waals surface area contributed by atoms with Crippen LogP contribution in [0, 0.1) is 0 Å². The number of pyridine rings is 1. The van der Waals surface area contributed by atoms with Crippen LogP contribution in [-0.4, -0.2) is 33.4 Å². The summed E-state index contributed by atoms with van der Waals surface area (Å²) in [6, 6.07) is 6.64. The lowest BCUT2D eigenvalue weighted by Gasteiger charge is -2.34. The molecule has 0 unspecified atom stereocenters. The van der Waals surface area contributed by atoms with Gasteiger partial charge in [0.1, 0.15) is 11.6 Å². The number of imidazole rings is 1. The zero-order valence-corrected chi connectivity index (χ0v) is 11.7. The SMILES string of the molecule is CC(C)N1CCC(c2ncc3cccc(N)n23)CC1. The number of fused-ring (bicyclic) bond motifs is 1. The number of hydrogen-bond acceptors (Lipinski definition) is 3. The monoisotopic (exact) mass is 258 g/mol. The number of anilines is 1. The van der Waals surface area contributed by atoms with E-state index in [1.165, 1.54) is 12.8 Å². The molecule has 0 atom stereocenters. The van der Waals surface area contributed by atoms with Crippen molar-refractivity contribution in [2.45, 2.75) is 38.6 Å². The second kappa shape index (κ2) is 4.85. The smallest absolute Gasteiger partial charge is 0.118 e. The topological polar surface area (TPSA) is 46.6 Å². The molecule has 1 saturated heterocycles. The minimum atomic E-state index is 0.530. The van der Waals surface area contributed by atoms with E-state index in [-0.39, 0.29) is 0 Å². The number of hydrogen-bond donors (Lipinski definition) is 1. The third-order valence-electron chi connectivity index (χ3n) is 4.23. The van der Waals surface area contributed by atoms with Crippen molar-refractivity contribution < 1.29 is 0 Å². The molecule has 1 aliphatic rings. The van der Waals surface area contributed by atoms with Crippen molar-refractivity contribution in [1.82, 2.24) is 14.3 Å². The van der Waals surface area contributed by atoms with Crippen molar-refractivity contribution in [2.75, 3.05) is 18.8 Å². The lowest BCUT2D eigenvalue weighted by atomic mass is 9.95. The lowest BCUT2D eigenvalue weighted by Crippen LogP contribution is -2.38. The second-order valence-corrected chi connectivity index (χ2v) is 5.73. The number of nitrogens with two attached hydrogens (primary N) is 1. The van der Waals surface area contributed by atoms with Gasteiger partial charge in [0.25, 0.3) is 0 Å². The highest BCUT2D eigenvalue weighted by Crippen LogP contribution is 2.29. The molecule has 4 heteroatoms. The summed E-state index contributed by atoms with van der Waals surface area (Å²) in [7, 11) is 0. The van der Waals surface area contributed by atoms with E-state index in [1.54, 1.807) is 0 Å². The fourth-order valence-electron chi connectivity index (χ4n) is 3.06. The fourth-order valence-corrected chi connectivity index (χ4v) is 3.06. The molecule has 3 heterocycles. The van der Waals surface area contributed by atoms with Gasteiger partial charge in [-0.25, -0.2) is 4.98 Å². The van der Waals surface area contributed by atoms with Crippen LogP contribution in [0.25, 0.3) is 5.52 Å². The fraction of sp³-hybridized carbons (Fsp3) is 0.533. The van der Waals surface area contributed by atoms with Crippen molar-refractivity contribution in [1.29, 1.82) is 0 Å². The number of aromatic nitrogens is 2. The van der Waals surface area contributed by atoms with Gasteiger partial charge in [-0.15, -0.1) is 0 Å². The van der Waals surface area contributed by atoms with Crippen LogP contribution in [0.2, 0.25) is 0 Å². The molecule has 2 N–H and O–H groups in total. The van der Waals surface area contributed by atoms with E-state index in [0.717, 1.165) is 30.2 Å². The molecular formula is C15H22N4. The molecular weight excluding hydrogens is 236 g/mol. The Morgan fingerprint density at radius 1 is 1.26 bits per heavy atom. The highest BCUT2D eigenvalue weighted by Gasteiger charge is 2.25. The van der Waals surface area contributed by atoms with Gasteiger partial charge in [0, 0.05) is 12.0 Å².